The molecule has 0 radical (unpaired) electrons. The lowest BCUT2D eigenvalue weighted by Gasteiger charge is -2.04. The molecular formula is C13H20FNS. The molecule has 0 heterocycles. The van der Waals surface area contributed by atoms with Crippen LogP contribution in [0.3, 0.4) is 0 Å². The third-order valence-electron chi connectivity index (χ3n) is 2.44. The van der Waals surface area contributed by atoms with E-state index in [-0.39, 0.29) is 5.82 Å². The van der Waals surface area contributed by atoms with Gasteiger partial charge in [0.15, 0.2) is 0 Å². The largest absolute Gasteiger partial charge is 0.313 e. The van der Waals surface area contributed by atoms with Crippen LogP contribution in [0.4, 0.5) is 4.39 Å². The lowest BCUT2D eigenvalue weighted by molar-refractivity contribution is 0.612. The molecule has 0 fully saturated rings. The Balaban J connectivity index is 2.01. The molecule has 0 aliphatic carbocycles. The summed E-state index contributed by atoms with van der Waals surface area (Å²) in [7, 11) is 0. The number of thioether (sulfide) groups is 1. The second-order valence-electron chi connectivity index (χ2n) is 3.86. The summed E-state index contributed by atoms with van der Waals surface area (Å²) in [6, 6.07) is 6.68. The highest BCUT2D eigenvalue weighted by Gasteiger charge is 1.93. The third-order valence-corrected chi connectivity index (χ3v) is 3.14. The number of rotatable bonds is 8. The van der Waals surface area contributed by atoms with Gasteiger partial charge < -0.3 is 5.32 Å². The summed E-state index contributed by atoms with van der Waals surface area (Å²) < 4.78 is 12.6. The molecule has 1 rings (SSSR count). The second kappa shape index (κ2) is 8.59. The van der Waals surface area contributed by atoms with Crippen LogP contribution in [0.1, 0.15) is 24.8 Å². The van der Waals surface area contributed by atoms with Gasteiger partial charge in [-0.15, -0.1) is 0 Å². The molecule has 0 atom stereocenters. The van der Waals surface area contributed by atoms with E-state index in [9.17, 15) is 4.39 Å². The van der Waals surface area contributed by atoms with Gasteiger partial charge in [0.25, 0.3) is 0 Å². The van der Waals surface area contributed by atoms with Crippen LogP contribution < -0.4 is 5.32 Å². The minimum atomic E-state index is -0.166. The number of hydrogen-bond acceptors (Lipinski definition) is 2. The Labute approximate surface area is 102 Å². The number of halogens is 1. The molecular weight excluding hydrogens is 221 g/mol. The average Bonchev–Trinajstić information content (AvgIpc) is 2.30. The van der Waals surface area contributed by atoms with E-state index in [0.717, 1.165) is 18.7 Å². The summed E-state index contributed by atoms with van der Waals surface area (Å²) in [4.78, 5) is 0. The van der Waals surface area contributed by atoms with E-state index in [1.807, 2.05) is 23.9 Å². The van der Waals surface area contributed by atoms with Crippen LogP contribution in [-0.2, 0) is 6.54 Å². The van der Waals surface area contributed by atoms with Crippen LogP contribution in [-0.4, -0.2) is 18.6 Å². The topological polar surface area (TPSA) is 12.0 Å². The molecule has 90 valence electrons. The molecule has 1 nitrogen and oxygen atoms in total. The van der Waals surface area contributed by atoms with Crippen LogP contribution in [0.5, 0.6) is 0 Å². The first-order valence-electron chi connectivity index (χ1n) is 5.77. The Hall–Kier alpha value is -0.540. The van der Waals surface area contributed by atoms with Crippen molar-refractivity contribution in [2.45, 2.75) is 25.8 Å². The molecule has 3 heteroatoms. The Morgan fingerprint density at radius 3 is 2.56 bits per heavy atom. The maximum Gasteiger partial charge on any atom is 0.123 e. The first-order valence-corrected chi connectivity index (χ1v) is 7.16. The van der Waals surface area contributed by atoms with Gasteiger partial charge in [-0.2, -0.15) is 11.8 Å². The van der Waals surface area contributed by atoms with Crippen molar-refractivity contribution < 1.29 is 4.39 Å². The van der Waals surface area contributed by atoms with Gasteiger partial charge in [-0.05, 0) is 49.1 Å². The molecule has 0 saturated carbocycles. The molecule has 0 amide bonds. The Morgan fingerprint density at radius 2 is 1.88 bits per heavy atom. The van der Waals surface area contributed by atoms with Gasteiger partial charge >= 0.3 is 0 Å². The standard InChI is InChI=1S/C13H20FNS/c1-16-10-4-2-3-9-15-11-12-5-7-13(14)8-6-12/h5-8,15H,2-4,9-11H2,1H3. The normalized spacial score (nSPS) is 10.6. The highest BCUT2D eigenvalue weighted by Crippen LogP contribution is 2.03. The van der Waals surface area contributed by atoms with E-state index in [0.29, 0.717) is 0 Å². The van der Waals surface area contributed by atoms with Crippen LogP contribution in [0.25, 0.3) is 0 Å². The van der Waals surface area contributed by atoms with Crippen molar-refractivity contribution in [1.82, 2.24) is 5.32 Å². The Kier molecular flexibility index (Phi) is 7.26. The van der Waals surface area contributed by atoms with Gasteiger partial charge in [0, 0.05) is 6.54 Å². The quantitative estimate of drug-likeness (QED) is 0.700. The molecule has 0 saturated heterocycles. The van der Waals surface area contributed by atoms with Crippen molar-refractivity contribution in [2.75, 3.05) is 18.6 Å². The first kappa shape index (κ1) is 13.5. The molecule has 0 bridgehead atoms. The summed E-state index contributed by atoms with van der Waals surface area (Å²) in [6.45, 7) is 1.88. The molecule has 1 N–H and O–H groups in total. The third kappa shape index (κ3) is 6.13. The minimum Gasteiger partial charge on any atom is -0.313 e. The molecule has 0 spiro atoms. The van der Waals surface area contributed by atoms with E-state index in [1.54, 1.807) is 0 Å². The zero-order chi connectivity index (χ0) is 11.6. The summed E-state index contributed by atoms with van der Waals surface area (Å²) in [5, 5.41) is 3.37. The van der Waals surface area contributed by atoms with Crippen molar-refractivity contribution in [3.63, 3.8) is 0 Å². The number of benzene rings is 1. The highest BCUT2D eigenvalue weighted by atomic mass is 32.2. The van der Waals surface area contributed by atoms with Gasteiger partial charge in [-0.1, -0.05) is 18.6 Å². The van der Waals surface area contributed by atoms with Gasteiger partial charge in [-0.25, -0.2) is 4.39 Å². The number of hydrogen-bond donors (Lipinski definition) is 1. The van der Waals surface area contributed by atoms with Gasteiger partial charge in [-0.3, -0.25) is 0 Å². The maximum absolute atomic E-state index is 12.6. The van der Waals surface area contributed by atoms with Crippen molar-refractivity contribution in [1.29, 1.82) is 0 Å². The van der Waals surface area contributed by atoms with E-state index < -0.39 is 0 Å². The minimum absolute atomic E-state index is 0.166. The first-order chi connectivity index (χ1) is 7.83. The average molecular weight is 241 g/mol. The van der Waals surface area contributed by atoms with Crippen LogP contribution in [0, 0.1) is 5.82 Å². The monoisotopic (exact) mass is 241 g/mol. The van der Waals surface area contributed by atoms with Gasteiger partial charge in [0.2, 0.25) is 0 Å². The van der Waals surface area contributed by atoms with Crippen molar-refractivity contribution in [3.8, 4) is 0 Å². The van der Waals surface area contributed by atoms with Gasteiger partial charge in [0.05, 0.1) is 0 Å². The fraction of sp³-hybridized carbons (Fsp3) is 0.538. The summed E-state index contributed by atoms with van der Waals surface area (Å²) in [5.41, 5.74) is 1.14. The lowest BCUT2D eigenvalue weighted by atomic mass is 10.2. The Morgan fingerprint density at radius 1 is 1.12 bits per heavy atom. The van der Waals surface area contributed by atoms with E-state index in [2.05, 4.69) is 11.6 Å². The fourth-order valence-electron chi connectivity index (χ4n) is 1.51. The molecule has 0 aliphatic heterocycles. The lowest BCUT2D eigenvalue weighted by Crippen LogP contribution is -2.14. The van der Waals surface area contributed by atoms with Crippen LogP contribution in [0.15, 0.2) is 24.3 Å². The Bertz CT molecular complexity index is 274. The molecule has 0 aromatic heterocycles. The predicted molar refractivity (Wildman–Crippen MR) is 70.3 cm³/mol. The molecule has 1 aromatic rings. The molecule has 0 aliphatic rings. The SMILES string of the molecule is CSCCCCCNCc1ccc(F)cc1. The smallest absolute Gasteiger partial charge is 0.123 e. The summed E-state index contributed by atoms with van der Waals surface area (Å²) >= 11 is 1.91. The second-order valence-corrected chi connectivity index (χ2v) is 4.84. The highest BCUT2D eigenvalue weighted by molar-refractivity contribution is 7.98. The van der Waals surface area contributed by atoms with Crippen molar-refractivity contribution in [2.24, 2.45) is 0 Å². The molecule has 1 aromatic carbocycles. The zero-order valence-electron chi connectivity index (χ0n) is 9.84. The van der Waals surface area contributed by atoms with E-state index >= 15 is 0 Å². The molecule has 16 heavy (non-hydrogen) atoms. The van der Waals surface area contributed by atoms with Crippen molar-refractivity contribution >= 4 is 11.8 Å². The van der Waals surface area contributed by atoms with Gasteiger partial charge in [0.1, 0.15) is 5.82 Å². The van der Waals surface area contributed by atoms with E-state index in [1.165, 1.54) is 37.1 Å². The zero-order valence-corrected chi connectivity index (χ0v) is 10.7. The van der Waals surface area contributed by atoms with E-state index in [4.69, 9.17) is 0 Å². The predicted octanol–water partition coefficient (Wildman–Crippen LogP) is 3.45. The van der Waals surface area contributed by atoms with Crippen LogP contribution >= 0.6 is 11.8 Å². The number of nitrogens with one attached hydrogen (secondary N) is 1. The van der Waals surface area contributed by atoms with Crippen LogP contribution in [0.2, 0.25) is 0 Å². The summed E-state index contributed by atoms with van der Waals surface area (Å²) in [6.07, 6.45) is 5.96. The van der Waals surface area contributed by atoms with Crippen molar-refractivity contribution in [3.05, 3.63) is 35.6 Å². The number of unbranched alkanes of at least 4 members (excludes halogenated alkanes) is 2. The molecule has 0 unspecified atom stereocenters. The summed E-state index contributed by atoms with van der Waals surface area (Å²) in [5.74, 6) is 1.10. The fourth-order valence-corrected chi connectivity index (χ4v) is 2.00. The maximum atomic E-state index is 12.6.